The number of oxazole rings is 1. The molecule has 1 aliphatic heterocycles. The first-order valence-electron chi connectivity index (χ1n) is 6.56. The highest BCUT2D eigenvalue weighted by atomic mass is 19.1. The Labute approximate surface area is 118 Å². The molecular weight excluding hydrogens is 285 g/mol. The molecule has 7 heteroatoms. The minimum Gasteiger partial charge on any atom is -0.474 e. The fourth-order valence-corrected chi connectivity index (χ4v) is 2.43. The average molecular weight is 298 g/mol. The Morgan fingerprint density at radius 2 is 2.05 bits per heavy atom. The minimum absolute atomic E-state index is 0.0347. The molecule has 1 N–H and O–H groups in total. The molecule has 0 aliphatic carbocycles. The zero-order chi connectivity index (χ0) is 14.8. The van der Waals surface area contributed by atoms with Gasteiger partial charge in [-0.1, -0.05) is 0 Å². The van der Waals surface area contributed by atoms with Crippen molar-refractivity contribution in [3.8, 4) is 5.75 Å². The molecule has 1 aliphatic rings. The Bertz CT molecular complexity index is 590. The van der Waals surface area contributed by atoms with Crippen LogP contribution in [0.1, 0.15) is 18.4 Å². The van der Waals surface area contributed by atoms with Crippen molar-refractivity contribution >= 4 is 0 Å². The van der Waals surface area contributed by atoms with Gasteiger partial charge in [0, 0.05) is 24.6 Å². The SMILES string of the molecule is Fc1cc(F)c(O[C@H](c2ncco2)[C@@H]2CCNC2)c(F)c1. The Kier molecular flexibility index (Phi) is 3.83. The van der Waals surface area contributed by atoms with E-state index in [-0.39, 0.29) is 11.8 Å². The third kappa shape index (κ3) is 2.87. The van der Waals surface area contributed by atoms with Gasteiger partial charge in [-0.05, 0) is 13.0 Å². The van der Waals surface area contributed by atoms with Gasteiger partial charge >= 0.3 is 0 Å². The number of halogens is 3. The predicted octanol–water partition coefficient (Wildman–Crippen LogP) is 2.82. The lowest BCUT2D eigenvalue weighted by Crippen LogP contribution is -2.22. The number of rotatable bonds is 4. The Morgan fingerprint density at radius 1 is 1.29 bits per heavy atom. The van der Waals surface area contributed by atoms with Crippen LogP contribution in [0.4, 0.5) is 13.2 Å². The van der Waals surface area contributed by atoms with Crippen LogP contribution in [0.25, 0.3) is 0 Å². The summed E-state index contributed by atoms with van der Waals surface area (Å²) in [6.45, 7) is 1.40. The van der Waals surface area contributed by atoms with Gasteiger partial charge in [-0.2, -0.15) is 0 Å². The van der Waals surface area contributed by atoms with E-state index in [1.807, 2.05) is 0 Å². The maximum atomic E-state index is 13.7. The number of nitrogens with one attached hydrogen (secondary N) is 1. The highest BCUT2D eigenvalue weighted by molar-refractivity contribution is 5.27. The van der Waals surface area contributed by atoms with E-state index in [0.29, 0.717) is 18.7 Å². The van der Waals surface area contributed by atoms with Gasteiger partial charge in [-0.15, -0.1) is 0 Å². The molecule has 0 saturated carbocycles. The van der Waals surface area contributed by atoms with Gasteiger partial charge in [0.15, 0.2) is 23.5 Å². The van der Waals surface area contributed by atoms with Crippen molar-refractivity contribution in [3.05, 3.63) is 47.9 Å². The molecule has 21 heavy (non-hydrogen) atoms. The first-order valence-corrected chi connectivity index (χ1v) is 6.56. The standard InChI is InChI=1S/C14H13F3N2O2/c15-9-5-10(16)13(11(17)6-9)21-12(8-1-2-18-7-8)14-19-3-4-20-14/h3-6,8,12,18H,1-2,7H2/t8-,12+/m1/s1. The lowest BCUT2D eigenvalue weighted by molar-refractivity contribution is 0.103. The van der Waals surface area contributed by atoms with Gasteiger partial charge in [0.25, 0.3) is 0 Å². The van der Waals surface area contributed by atoms with Gasteiger partial charge in [0.05, 0.1) is 6.20 Å². The minimum atomic E-state index is -1.09. The van der Waals surface area contributed by atoms with Crippen molar-refractivity contribution in [3.63, 3.8) is 0 Å². The van der Waals surface area contributed by atoms with Crippen LogP contribution < -0.4 is 10.1 Å². The molecule has 3 rings (SSSR count). The van der Waals surface area contributed by atoms with Crippen LogP contribution >= 0.6 is 0 Å². The van der Waals surface area contributed by atoms with Crippen molar-refractivity contribution in [2.45, 2.75) is 12.5 Å². The van der Waals surface area contributed by atoms with E-state index < -0.39 is 29.3 Å². The number of aromatic nitrogens is 1. The van der Waals surface area contributed by atoms with Gasteiger partial charge in [-0.3, -0.25) is 0 Å². The third-order valence-corrected chi connectivity index (χ3v) is 3.43. The Balaban J connectivity index is 1.91. The van der Waals surface area contributed by atoms with E-state index >= 15 is 0 Å². The topological polar surface area (TPSA) is 47.3 Å². The van der Waals surface area contributed by atoms with Crippen molar-refractivity contribution < 1.29 is 22.3 Å². The summed E-state index contributed by atoms with van der Waals surface area (Å²) in [7, 11) is 0. The summed E-state index contributed by atoms with van der Waals surface area (Å²) >= 11 is 0. The van der Waals surface area contributed by atoms with Crippen LogP contribution in [-0.2, 0) is 0 Å². The van der Waals surface area contributed by atoms with Crippen molar-refractivity contribution in [2.24, 2.45) is 5.92 Å². The van der Waals surface area contributed by atoms with E-state index in [1.165, 1.54) is 12.5 Å². The second-order valence-electron chi connectivity index (χ2n) is 4.86. The molecule has 2 atom stereocenters. The highest BCUT2D eigenvalue weighted by Crippen LogP contribution is 2.34. The van der Waals surface area contributed by atoms with Crippen LogP contribution in [-0.4, -0.2) is 18.1 Å². The molecule has 0 radical (unpaired) electrons. The number of hydrogen-bond acceptors (Lipinski definition) is 4. The van der Waals surface area contributed by atoms with Crippen molar-refractivity contribution in [1.82, 2.24) is 10.3 Å². The Morgan fingerprint density at radius 3 is 2.62 bits per heavy atom. The highest BCUT2D eigenvalue weighted by Gasteiger charge is 2.33. The molecule has 2 heterocycles. The number of ether oxygens (including phenoxy) is 1. The third-order valence-electron chi connectivity index (χ3n) is 3.43. The normalized spacial score (nSPS) is 19.7. The molecule has 112 valence electrons. The van der Waals surface area contributed by atoms with E-state index in [2.05, 4.69) is 10.3 Å². The zero-order valence-electron chi connectivity index (χ0n) is 11.0. The fourth-order valence-electron chi connectivity index (χ4n) is 2.43. The lowest BCUT2D eigenvalue weighted by atomic mass is 10.0. The number of hydrogen-bond donors (Lipinski definition) is 1. The molecule has 1 fully saturated rings. The second-order valence-corrected chi connectivity index (χ2v) is 4.86. The maximum Gasteiger partial charge on any atom is 0.235 e. The van der Waals surface area contributed by atoms with E-state index in [0.717, 1.165) is 13.0 Å². The molecule has 0 amide bonds. The predicted molar refractivity (Wildman–Crippen MR) is 67.2 cm³/mol. The molecule has 4 nitrogen and oxygen atoms in total. The van der Waals surface area contributed by atoms with Gasteiger partial charge in [-0.25, -0.2) is 18.2 Å². The molecule has 0 bridgehead atoms. The van der Waals surface area contributed by atoms with Crippen LogP contribution in [0.5, 0.6) is 5.75 Å². The fraction of sp³-hybridized carbons (Fsp3) is 0.357. The molecule has 2 aromatic rings. The zero-order valence-corrected chi connectivity index (χ0v) is 11.0. The van der Waals surface area contributed by atoms with Crippen LogP contribution in [0.15, 0.2) is 29.0 Å². The summed E-state index contributed by atoms with van der Waals surface area (Å²) in [6, 6.07) is 1.16. The quantitative estimate of drug-likeness (QED) is 0.943. The van der Waals surface area contributed by atoms with Crippen LogP contribution in [0.3, 0.4) is 0 Å². The summed E-state index contributed by atoms with van der Waals surface area (Å²) in [5, 5.41) is 3.14. The summed E-state index contributed by atoms with van der Waals surface area (Å²) in [5.74, 6) is -3.58. The molecule has 0 spiro atoms. The van der Waals surface area contributed by atoms with Gasteiger partial charge in [0.2, 0.25) is 5.89 Å². The van der Waals surface area contributed by atoms with Gasteiger partial charge < -0.3 is 14.5 Å². The van der Waals surface area contributed by atoms with E-state index in [9.17, 15) is 13.2 Å². The smallest absolute Gasteiger partial charge is 0.235 e. The summed E-state index contributed by atoms with van der Waals surface area (Å²) in [6.07, 6.45) is 2.83. The van der Waals surface area contributed by atoms with Crippen molar-refractivity contribution in [2.75, 3.05) is 13.1 Å². The molecule has 1 saturated heterocycles. The van der Waals surface area contributed by atoms with Crippen LogP contribution in [0.2, 0.25) is 0 Å². The van der Waals surface area contributed by atoms with E-state index in [1.54, 1.807) is 0 Å². The van der Waals surface area contributed by atoms with Crippen LogP contribution in [0, 0.1) is 23.4 Å². The monoisotopic (exact) mass is 298 g/mol. The Hall–Kier alpha value is -2.02. The summed E-state index contributed by atoms with van der Waals surface area (Å²) < 4.78 is 51.0. The van der Waals surface area contributed by atoms with Crippen molar-refractivity contribution in [1.29, 1.82) is 0 Å². The maximum absolute atomic E-state index is 13.7. The number of benzene rings is 1. The molecule has 1 aromatic carbocycles. The van der Waals surface area contributed by atoms with Gasteiger partial charge in [0.1, 0.15) is 12.1 Å². The lowest BCUT2D eigenvalue weighted by Gasteiger charge is -2.22. The summed E-state index contributed by atoms with van der Waals surface area (Å²) in [4.78, 5) is 4.00. The first-order chi connectivity index (χ1) is 10.1. The molecule has 1 aromatic heterocycles. The van der Waals surface area contributed by atoms with E-state index in [4.69, 9.17) is 9.15 Å². The largest absolute Gasteiger partial charge is 0.474 e. The first kappa shape index (κ1) is 13.9. The molecular formula is C14H13F3N2O2. The second kappa shape index (κ2) is 5.77. The number of nitrogens with zero attached hydrogens (tertiary/aromatic N) is 1. The molecule has 0 unspecified atom stereocenters. The summed E-state index contributed by atoms with van der Waals surface area (Å²) in [5.41, 5.74) is 0. The average Bonchev–Trinajstić information content (AvgIpc) is 3.11.